The molecule has 12 heteroatoms. The van der Waals surface area contributed by atoms with Crippen LogP contribution in [0.5, 0.6) is 0 Å². The average Bonchev–Trinajstić information content (AvgIpc) is 3.52. The van der Waals surface area contributed by atoms with Gasteiger partial charge in [-0.3, -0.25) is 14.2 Å². The zero-order valence-electron chi connectivity index (χ0n) is 20.7. The SMILES string of the molecule is C=NN1C(NC)=CC(Nc2cccn(-c3ocnc3C)c2=O)=N/C1=C(/C)C(=O)NC1CC[C@@H](OC)C1. The molecule has 0 bridgehead atoms. The van der Waals surface area contributed by atoms with Crippen molar-refractivity contribution in [2.45, 2.75) is 45.3 Å². The molecule has 2 aliphatic rings. The van der Waals surface area contributed by atoms with Crippen LogP contribution in [0.2, 0.25) is 0 Å². The van der Waals surface area contributed by atoms with Gasteiger partial charge in [0.25, 0.3) is 11.5 Å². The van der Waals surface area contributed by atoms with Crippen molar-refractivity contribution in [3.8, 4) is 5.88 Å². The Balaban J connectivity index is 1.65. The molecule has 3 N–H and O–H groups in total. The van der Waals surface area contributed by atoms with Crippen LogP contribution in [0.3, 0.4) is 0 Å². The molecule has 2 aromatic heterocycles. The largest absolute Gasteiger partial charge is 0.427 e. The second-order valence-corrected chi connectivity index (χ2v) is 8.48. The van der Waals surface area contributed by atoms with Crippen LogP contribution < -0.4 is 21.5 Å². The number of carbonyl (C=O) groups excluding carboxylic acids is 1. The molecule has 190 valence electrons. The molecule has 12 nitrogen and oxygen atoms in total. The van der Waals surface area contributed by atoms with E-state index in [-0.39, 0.29) is 35.1 Å². The third kappa shape index (κ3) is 4.93. The van der Waals surface area contributed by atoms with Crippen molar-refractivity contribution in [3.05, 3.63) is 64.1 Å². The smallest absolute Gasteiger partial charge is 0.281 e. The number of methoxy groups -OCH3 is 1. The van der Waals surface area contributed by atoms with Crippen LogP contribution in [0.4, 0.5) is 5.69 Å². The number of amidine groups is 1. The fraction of sp³-hybridized carbons (Fsp3) is 0.375. The summed E-state index contributed by atoms with van der Waals surface area (Å²) in [5, 5.41) is 14.6. The van der Waals surface area contributed by atoms with Crippen molar-refractivity contribution >= 4 is 24.1 Å². The van der Waals surface area contributed by atoms with E-state index >= 15 is 0 Å². The van der Waals surface area contributed by atoms with E-state index in [0.29, 0.717) is 28.8 Å². The number of oxazole rings is 1. The number of aryl methyl sites for hydroxylation is 1. The molecule has 1 saturated carbocycles. The molecule has 2 atom stereocenters. The van der Waals surface area contributed by atoms with Crippen LogP contribution in [0, 0.1) is 6.92 Å². The van der Waals surface area contributed by atoms with E-state index in [1.165, 1.54) is 16.0 Å². The second-order valence-electron chi connectivity index (χ2n) is 8.48. The molecule has 1 unspecified atom stereocenters. The summed E-state index contributed by atoms with van der Waals surface area (Å²) in [6.07, 6.45) is 7.20. The Kier molecular flexibility index (Phi) is 7.34. The maximum atomic E-state index is 13.1. The summed E-state index contributed by atoms with van der Waals surface area (Å²) in [5.74, 6) is 1.21. The molecule has 2 aromatic rings. The van der Waals surface area contributed by atoms with Crippen molar-refractivity contribution in [3.63, 3.8) is 0 Å². The van der Waals surface area contributed by atoms with Crippen LogP contribution in [0.1, 0.15) is 31.9 Å². The van der Waals surface area contributed by atoms with E-state index in [1.54, 1.807) is 52.4 Å². The van der Waals surface area contributed by atoms with Crippen LogP contribution in [0.15, 0.2) is 67.3 Å². The lowest BCUT2D eigenvalue weighted by Crippen LogP contribution is -2.37. The number of hydrazone groups is 1. The minimum absolute atomic E-state index is 0.0231. The molecule has 0 spiro atoms. The molecular weight excluding hydrogens is 464 g/mol. The van der Waals surface area contributed by atoms with Gasteiger partial charge in [0.2, 0.25) is 5.88 Å². The summed E-state index contributed by atoms with van der Waals surface area (Å²) >= 11 is 0. The Morgan fingerprint density at radius 3 is 2.81 bits per heavy atom. The van der Waals surface area contributed by atoms with Gasteiger partial charge in [0.1, 0.15) is 23.0 Å². The standard InChI is InChI=1S/C24H30N8O4/c1-14(22(33)28-16-8-9-17(11-16)35-5)21-30-19(12-20(25-3)32(21)26-4)29-18-7-6-10-31(23(18)34)24-15(2)27-13-36-24/h6-7,10,12-13,16-17,25H,4,8-9,11H2,1-3,5H3,(H,28,33)(H,29,30)/b21-14+/t16?,17-/m1/s1. The second kappa shape index (κ2) is 10.6. The number of amides is 1. The minimum Gasteiger partial charge on any atom is -0.427 e. The van der Waals surface area contributed by atoms with Crippen LogP contribution >= 0.6 is 0 Å². The lowest BCUT2D eigenvalue weighted by Gasteiger charge is -2.27. The fourth-order valence-corrected chi connectivity index (χ4v) is 4.22. The Morgan fingerprint density at radius 1 is 1.36 bits per heavy atom. The van der Waals surface area contributed by atoms with E-state index in [1.807, 2.05) is 0 Å². The molecule has 1 aliphatic heterocycles. The first kappa shape index (κ1) is 24.9. The van der Waals surface area contributed by atoms with Gasteiger partial charge in [-0.2, -0.15) is 10.1 Å². The van der Waals surface area contributed by atoms with Gasteiger partial charge in [-0.1, -0.05) is 0 Å². The number of anilines is 1. The molecule has 1 amide bonds. The fourth-order valence-electron chi connectivity index (χ4n) is 4.22. The zero-order valence-corrected chi connectivity index (χ0v) is 20.7. The molecule has 4 rings (SSSR count). The summed E-state index contributed by atoms with van der Waals surface area (Å²) in [6, 6.07) is 3.36. The number of ether oxygens (including phenoxy) is 1. The van der Waals surface area contributed by atoms with Gasteiger partial charge in [-0.25, -0.2) is 9.98 Å². The van der Waals surface area contributed by atoms with Crippen molar-refractivity contribution in [1.82, 2.24) is 25.2 Å². The van der Waals surface area contributed by atoms with Crippen molar-refractivity contribution < 1.29 is 13.9 Å². The average molecular weight is 495 g/mol. The first-order valence-electron chi connectivity index (χ1n) is 11.5. The lowest BCUT2D eigenvalue weighted by atomic mass is 10.2. The van der Waals surface area contributed by atoms with Crippen LogP contribution in [-0.4, -0.2) is 59.3 Å². The van der Waals surface area contributed by atoms with Gasteiger partial charge in [0, 0.05) is 39.2 Å². The third-order valence-corrected chi connectivity index (χ3v) is 6.20. The number of nitrogens with zero attached hydrogens (tertiary/aromatic N) is 5. The van der Waals surface area contributed by atoms with Gasteiger partial charge in [-0.05, 0) is 45.2 Å². The first-order valence-corrected chi connectivity index (χ1v) is 11.5. The molecule has 3 heterocycles. The maximum Gasteiger partial charge on any atom is 0.281 e. The van der Waals surface area contributed by atoms with Crippen molar-refractivity contribution in [2.75, 3.05) is 19.5 Å². The number of aliphatic imine (C=N–C) groups is 1. The molecule has 1 aliphatic carbocycles. The van der Waals surface area contributed by atoms with Gasteiger partial charge in [0.15, 0.2) is 12.2 Å². The highest BCUT2D eigenvalue weighted by Gasteiger charge is 2.29. The van der Waals surface area contributed by atoms with Gasteiger partial charge in [-0.15, -0.1) is 0 Å². The van der Waals surface area contributed by atoms with Crippen LogP contribution in [-0.2, 0) is 9.53 Å². The van der Waals surface area contributed by atoms with Crippen molar-refractivity contribution in [2.24, 2.45) is 10.1 Å². The third-order valence-electron chi connectivity index (χ3n) is 6.20. The van der Waals surface area contributed by atoms with Gasteiger partial charge in [0.05, 0.1) is 11.7 Å². The number of nitrogens with one attached hydrogen (secondary N) is 3. The molecule has 0 aromatic carbocycles. The Morgan fingerprint density at radius 2 is 2.17 bits per heavy atom. The minimum atomic E-state index is -0.349. The Labute approximate surface area is 208 Å². The number of hydrogen-bond donors (Lipinski definition) is 3. The quantitative estimate of drug-likeness (QED) is 0.392. The topological polar surface area (TPSA) is 138 Å². The van der Waals surface area contributed by atoms with Gasteiger partial charge < -0.3 is 25.1 Å². The summed E-state index contributed by atoms with van der Waals surface area (Å²) in [7, 11) is 3.40. The predicted octanol–water partition coefficient (Wildman–Crippen LogP) is 1.85. The number of rotatable bonds is 7. The van der Waals surface area contributed by atoms with E-state index in [9.17, 15) is 9.59 Å². The normalized spacial score (nSPS) is 20.9. The Hall–Kier alpha value is -4.19. The first-order chi connectivity index (χ1) is 17.4. The summed E-state index contributed by atoms with van der Waals surface area (Å²) in [4.78, 5) is 34.9. The summed E-state index contributed by atoms with van der Waals surface area (Å²) < 4.78 is 12.1. The highest BCUT2D eigenvalue weighted by molar-refractivity contribution is 6.06. The van der Waals surface area contributed by atoms with E-state index in [0.717, 1.165) is 19.3 Å². The molecule has 1 fully saturated rings. The van der Waals surface area contributed by atoms with E-state index < -0.39 is 0 Å². The predicted molar refractivity (Wildman–Crippen MR) is 136 cm³/mol. The molecule has 0 radical (unpaired) electrons. The number of hydrogen-bond acceptors (Lipinski definition) is 10. The van der Waals surface area contributed by atoms with Crippen LogP contribution in [0.25, 0.3) is 5.88 Å². The Bertz CT molecular complexity index is 1310. The summed E-state index contributed by atoms with van der Waals surface area (Å²) in [5.41, 5.74) is 0.848. The maximum absolute atomic E-state index is 13.1. The number of pyridine rings is 1. The van der Waals surface area contributed by atoms with E-state index in [2.05, 4.69) is 37.7 Å². The van der Waals surface area contributed by atoms with Gasteiger partial charge >= 0.3 is 0 Å². The summed E-state index contributed by atoms with van der Waals surface area (Å²) in [6.45, 7) is 7.05. The highest BCUT2D eigenvalue weighted by Crippen LogP contribution is 2.25. The van der Waals surface area contributed by atoms with Crippen molar-refractivity contribution in [1.29, 1.82) is 0 Å². The zero-order chi connectivity index (χ0) is 25.8. The highest BCUT2D eigenvalue weighted by atomic mass is 16.5. The molecular formula is C24H30N8O4. The number of carbonyl (C=O) groups is 1. The number of aromatic nitrogens is 2. The van der Waals surface area contributed by atoms with E-state index in [4.69, 9.17) is 9.15 Å². The monoisotopic (exact) mass is 494 g/mol. The lowest BCUT2D eigenvalue weighted by molar-refractivity contribution is -0.118. The molecule has 0 saturated heterocycles. The molecule has 36 heavy (non-hydrogen) atoms.